The molecule has 0 fully saturated rings. The molecule has 0 aliphatic carbocycles. The number of anilines is 2. The average molecular weight is 412 g/mol. The monoisotopic (exact) mass is 412 g/mol. The number of nitrogens with one attached hydrogen (secondary N) is 1. The number of pyridine rings is 1. The van der Waals surface area contributed by atoms with Gasteiger partial charge in [-0.15, -0.1) is 4.40 Å². The number of ketones is 1. The smallest absolute Gasteiger partial charge is 0.286 e. The fourth-order valence-corrected chi connectivity index (χ4v) is 4.59. The van der Waals surface area contributed by atoms with E-state index in [1.54, 1.807) is 30.3 Å². The lowest BCUT2D eigenvalue weighted by Crippen LogP contribution is -2.51. The molecule has 3 heterocycles. The lowest BCUT2D eigenvalue weighted by atomic mass is 9.90. The van der Waals surface area contributed by atoms with E-state index in [1.807, 2.05) is 13.8 Å². The van der Waals surface area contributed by atoms with Gasteiger partial charge in [0.15, 0.2) is 11.7 Å². The van der Waals surface area contributed by atoms with Gasteiger partial charge in [-0.05, 0) is 36.6 Å². The Hall–Kier alpha value is -3.07. The fraction of sp³-hybridized carbons (Fsp3) is 0.300. The maximum atomic E-state index is 13.3. The summed E-state index contributed by atoms with van der Waals surface area (Å²) < 4.78 is 29.0. The minimum absolute atomic E-state index is 0.0122. The van der Waals surface area contributed by atoms with E-state index in [-0.39, 0.29) is 16.3 Å². The standard InChI is InChI=1S/C20H20N4O4S/c1-12(2)9-11-24-19-13(6-5-10-21-19)17(25)16(20(24)26)18-22-14-7-3-4-8-15(14)29(27,28)23-18/h3-8,10,12,16H,9,11H2,1-2H3,(H,22,23). The first-order valence-electron chi connectivity index (χ1n) is 9.31. The summed E-state index contributed by atoms with van der Waals surface area (Å²) in [4.78, 5) is 32.1. The Morgan fingerprint density at radius 2 is 1.90 bits per heavy atom. The summed E-state index contributed by atoms with van der Waals surface area (Å²) in [5, 5.41) is 2.88. The van der Waals surface area contributed by atoms with Crippen molar-refractivity contribution in [3.8, 4) is 0 Å². The largest absolute Gasteiger partial charge is 0.341 e. The molecule has 2 aromatic rings. The van der Waals surface area contributed by atoms with E-state index in [2.05, 4.69) is 14.7 Å². The number of aromatic nitrogens is 1. The van der Waals surface area contributed by atoms with E-state index in [1.165, 1.54) is 17.2 Å². The van der Waals surface area contributed by atoms with Crippen molar-refractivity contribution in [2.24, 2.45) is 16.2 Å². The lowest BCUT2D eigenvalue weighted by molar-refractivity contribution is -0.119. The van der Waals surface area contributed by atoms with Crippen molar-refractivity contribution < 1.29 is 18.0 Å². The predicted octanol–water partition coefficient (Wildman–Crippen LogP) is 2.49. The third kappa shape index (κ3) is 3.31. The zero-order chi connectivity index (χ0) is 20.8. The number of sulfonamides is 1. The normalized spacial score (nSPS) is 20.0. The molecule has 0 radical (unpaired) electrons. The molecule has 2 aliphatic rings. The number of hydrogen-bond acceptors (Lipinski definition) is 6. The second-order valence-electron chi connectivity index (χ2n) is 7.42. The van der Waals surface area contributed by atoms with Crippen LogP contribution in [0.5, 0.6) is 0 Å². The van der Waals surface area contributed by atoms with Crippen molar-refractivity contribution in [1.29, 1.82) is 0 Å². The molecule has 9 heteroatoms. The van der Waals surface area contributed by atoms with Crippen LogP contribution < -0.4 is 10.2 Å². The third-order valence-electron chi connectivity index (χ3n) is 4.93. The first-order chi connectivity index (χ1) is 13.8. The number of amides is 1. The zero-order valence-corrected chi connectivity index (χ0v) is 16.8. The van der Waals surface area contributed by atoms with Gasteiger partial charge in [0.2, 0.25) is 5.91 Å². The molecular formula is C20H20N4O4S. The Morgan fingerprint density at radius 1 is 1.14 bits per heavy atom. The number of carbonyl (C=O) groups is 2. The van der Waals surface area contributed by atoms with Crippen LogP contribution in [0.15, 0.2) is 51.9 Å². The number of hydrogen-bond donors (Lipinski definition) is 1. The summed E-state index contributed by atoms with van der Waals surface area (Å²) in [6, 6.07) is 9.47. The predicted molar refractivity (Wildman–Crippen MR) is 109 cm³/mol. The van der Waals surface area contributed by atoms with Crippen LogP contribution in [0.2, 0.25) is 0 Å². The maximum absolute atomic E-state index is 13.3. The van der Waals surface area contributed by atoms with Crippen LogP contribution in [0, 0.1) is 11.8 Å². The molecule has 1 aromatic carbocycles. The van der Waals surface area contributed by atoms with Crippen LogP contribution in [0.25, 0.3) is 0 Å². The molecule has 150 valence electrons. The first kappa shape index (κ1) is 19.3. The average Bonchev–Trinajstić information content (AvgIpc) is 2.67. The molecule has 1 unspecified atom stereocenters. The van der Waals surface area contributed by atoms with Gasteiger partial charge in [-0.1, -0.05) is 26.0 Å². The number of benzene rings is 1. The van der Waals surface area contributed by atoms with Crippen LogP contribution in [-0.4, -0.2) is 37.5 Å². The summed E-state index contributed by atoms with van der Waals surface area (Å²) in [5.41, 5.74) is 0.574. The molecule has 4 rings (SSSR count). The molecular weight excluding hydrogens is 392 g/mol. The van der Waals surface area contributed by atoms with Crippen molar-refractivity contribution in [1.82, 2.24) is 4.98 Å². The van der Waals surface area contributed by atoms with Gasteiger partial charge in [-0.2, -0.15) is 8.42 Å². The SMILES string of the molecule is CC(C)CCN1C(=O)C(C2=NS(=O)(=O)c3ccccc3N2)C(=O)c2cccnc21. The summed E-state index contributed by atoms with van der Waals surface area (Å²) in [5.74, 6) is -1.94. The van der Waals surface area contributed by atoms with E-state index in [0.717, 1.165) is 0 Å². The zero-order valence-electron chi connectivity index (χ0n) is 16.0. The minimum Gasteiger partial charge on any atom is -0.341 e. The first-order valence-corrected chi connectivity index (χ1v) is 10.7. The summed E-state index contributed by atoms with van der Waals surface area (Å²) in [6.07, 6.45) is 2.24. The van der Waals surface area contributed by atoms with E-state index in [4.69, 9.17) is 0 Å². The van der Waals surface area contributed by atoms with Gasteiger partial charge in [-0.3, -0.25) is 14.5 Å². The number of nitrogens with zero attached hydrogens (tertiary/aromatic N) is 3. The van der Waals surface area contributed by atoms with Crippen molar-refractivity contribution in [2.75, 3.05) is 16.8 Å². The Morgan fingerprint density at radius 3 is 2.66 bits per heavy atom. The maximum Gasteiger partial charge on any atom is 0.286 e. The highest BCUT2D eigenvalue weighted by Gasteiger charge is 2.45. The molecule has 8 nitrogen and oxygen atoms in total. The van der Waals surface area contributed by atoms with Gasteiger partial charge in [0, 0.05) is 12.7 Å². The van der Waals surface area contributed by atoms with Crippen LogP contribution in [0.1, 0.15) is 30.6 Å². The molecule has 1 N–H and O–H groups in total. The number of carbonyl (C=O) groups excluding carboxylic acids is 2. The summed E-state index contributed by atoms with van der Waals surface area (Å²) in [6.45, 7) is 4.44. The molecule has 2 aliphatic heterocycles. The molecule has 0 saturated carbocycles. The third-order valence-corrected chi connectivity index (χ3v) is 6.28. The topological polar surface area (TPSA) is 109 Å². The number of Topliss-reactive ketones (excluding diaryl/α,β-unsaturated/α-hetero) is 1. The van der Waals surface area contributed by atoms with Gasteiger partial charge in [-0.25, -0.2) is 4.98 Å². The van der Waals surface area contributed by atoms with Crippen molar-refractivity contribution in [3.05, 3.63) is 48.2 Å². The van der Waals surface area contributed by atoms with Gasteiger partial charge < -0.3 is 5.32 Å². The summed E-state index contributed by atoms with van der Waals surface area (Å²) >= 11 is 0. The van der Waals surface area contributed by atoms with E-state index in [0.29, 0.717) is 30.4 Å². The number of fused-ring (bicyclic) bond motifs is 2. The molecule has 1 aromatic heterocycles. The van der Waals surface area contributed by atoms with Crippen LogP contribution in [-0.2, 0) is 14.8 Å². The number of para-hydroxylation sites is 1. The molecule has 1 amide bonds. The molecule has 0 saturated heterocycles. The number of amidine groups is 1. The Labute approximate surface area is 168 Å². The molecule has 0 bridgehead atoms. The van der Waals surface area contributed by atoms with Gasteiger partial charge in [0.1, 0.15) is 16.5 Å². The van der Waals surface area contributed by atoms with E-state index in [9.17, 15) is 18.0 Å². The highest BCUT2D eigenvalue weighted by atomic mass is 32.2. The van der Waals surface area contributed by atoms with Gasteiger partial charge in [0.25, 0.3) is 10.0 Å². The Kier molecular flexibility index (Phi) is 4.70. The van der Waals surface area contributed by atoms with Crippen molar-refractivity contribution in [2.45, 2.75) is 25.2 Å². The Bertz CT molecular complexity index is 1140. The van der Waals surface area contributed by atoms with Crippen LogP contribution >= 0.6 is 0 Å². The van der Waals surface area contributed by atoms with Crippen molar-refractivity contribution >= 4 is 39.1 Å². The van der Waals surface area contributed by atoms with Gasteiger partial charge >= 0.3 is 0 Å². The second-order valence-corrected chi connectivity index (χ2v) is 8.99. The molecule has 29 heavy (non-hydrogen) atoms. The fourth-order valence-electron chi connectivity index (χ4n) is 3.44. The van der Waals surface area contributed by atoms with E-state index < -0.39 is 27.6 Å². The van der Waals surface area contributed by atoms with Crippen LogP contribution in [0.3, 0.4) is 0 Å². The highest BCUT2D eigenvalue weighted by molar-refractivity contribution is 7.90. The van der Waals surface area contributed by atoms with Crippen molar-refractivity contribution in [3.63, 3.8) is 0 Å². The molecule has 1 atom stereocenters. The molecule has 0 spiro atoms. The minimum atomic E-state index is -4.02. The highest BCUT2D eigenvalue weighted by Crippen LogP contribution is 2.34. The van der Waals surface area contributed by atoms with Crippen LogP contribution in [0.4, 0.5) is 11.5 Å². The lowest BCUT2D eigenvalue weighted by Gasteiger charge is -2.33. The number of rotatable bonds is 4. The summed E-state index contributed by atoms with van der Waals surface area (Å²) in [7, 11) is -4.02. The van der Waals surface area contributed by atoms with E-state index >= 15 is 0 Å². The Balaban J connectivity index is 1.80. The second kappa shape index (κ2) is 7.07. The van der Waals surface area contributed by atoms with Gasteiger partial charge in [0.05, 0.1) is 11.3 Å². The quantitative estimate of drug-likeness (QED) is 0.773.